The van der Waals surface area contributed by atoms with Crippen molar-refractivity contribution in [3.8, 4) is 5.75 Å². The Morgan fingerprint density at radius 1 is 1.10 bits per heavy atom. The third-order valence-electron chi connectivity index (χ3n) is 5.23. The Bertz CT molecular complexity index is 792. The summed E-state index contributed by atoms with van der Waals surface area (Å²) in [7, 11) is 0. The van der Waals surface area contributed by atoms with Gasteiger partial charge in [-0.2, -0.15) is 8.78 Å². The van der Waals surface area contributed by atoms with Crippen LogP contribution in [-0.4, -0.2) is 55.1 Å². The summed E-state index contributed by atoms with van der Waals surface area (Å²) in [5, 5.41) is 2.90. The number of anilines is 1. The molecule has 0 aliphatic carbocycles. The summed E-state index contributed by atoms with van der Waals surface area (Å²) in [6, 6.07) is 10.3. The highest BCUT2D eigenvalue weighted by Gasteiger charge is 2.16. The van der Waals surface area contributed by atoms with E-state index in [1.54, 1.807) is 12.1 Å². The standard InChI is InChI=1S/C22H28F2N4O2/c1-2-27-11-13-28(14-12-27)20-9-5-18(15-25-20)16-26-21(29)10-6-17-3-7-19(8-4-17)30-22(23)24/h3-5,7-9,15,22H,2,6,10-14,16H2,1H3,(H,26,29). The lowest BCUT2D eigenvalue weighted by Gasteiger charge is -2.34. The van der Waals surface area contributed by atoms with Gasteiger partial charge in [0.15, 0.2) is 0 Å². The Kier molecular flexibility index (Phi) is 7.96. The number of rotatable bonds is 9. The lowest BCUT2D eigenvalue weighted by atomic mass is 10.1. The summed E-state index contributed by atoms with van der Waals surface area (Å²) in [6.07, 6.45) is 2.66. The predicted octanol–water partition coefficient (Wildman–Crippen LogP) is 3.07. The number of nitrogens with zero attached hydrogens (tertiary/aromatic N) is 3. The summed E-state index contributed by atoms with van der Waals surface area (Å²) in [6.45, 7) is 4.92. The van der Waals surface area contributed by atoms with E-state index in [0.29, 0.717) is 19.4 Å². The van der Waals surface area contributed by atoms with Gasteiger partial charge in [-0.1, -0.05) is 25.1 Å². The first-order valence-electron chi connectivity index (χ1n) is 10.3. The number of carbonyl (C=O) groups excluding carboxylic acids is 1. The van der Waals surface area contributed by atoms with Crippen molar-refractivity contribution >= 4 is 11.7 Å². The number of pyridine rings is 1. The van der Waals surface area contributed by atoms with Gasteiger partial charge in [0.1, 0.15) is 11.6 Å². The number of aromatic nitrogens is 1. The molecule has 0 saturated carbocycles. The Morgan fingerprint density at radius 2 is 1.80 bits per heavy atom. The zero-order chi connectivity index (χ0) is 21.3. The summed E-state index contributed by atoms with van der Waals surface area (Å²) in [5.41, 5.74) is 1.84. The van der Waals surface area contributed by atoms with Crippen molar-refractivity contribution in [2.45, 2.75) is 32.9 Å². The van der Waals surface area contributed by atoms with Crippen molar-refractivity contribution < 1.29 is 18.3 Å². The Labute approximate surface area is 175 Å². The molecule has 2 aromatic rings. The number of piperazine rings is 1. The van der Waals surface area contributed by atoms with Crippen LogP contribution in [0.1, 0.15) is 24.5 Å². The van der Waals surface area contributed by atoms with Crippen LogP contribution in [0, 0.1) is 0 Å². The molecule has 1 aliphatic rings. The minimum absolute atomic E-state index is 0.0670. The molecule has 30 heavy (non-hydrogen) atoms. The average Bonchev–Trinajstić information content (AvgIpc) is 2.77. The molecule has 0 bridgehead atoms. The molecule has 3 rings (SSSR count). The van der Waals surface area contributed by atoms with E-state index < -0.39 is 6.61 Å². The summed E-state index contributed by atoms with van der Waals surface area (Å²) in [5.74, 6) is 1.02. The molecule has 2 heterocycles. The van der Waals surface area contributed by atoms with E-state index in [9.17, 15) is 13.6 Å². The summed E-state index contributed by atoms with van der Waals surface area (Å²) >= 11 is 0. The molecular weight excluding hydrogens is 390 g/mol. The number of alkyl halides is 2. The van der Waals surface area contributed by atoms with Gasteiger partial charge in [0, 0.05) is 45.3 Å². The number of hydrogen-bond acceptors (Lipinski definition) is 5. The molecule has 1 saturated heterocycles. The van der Waals surface area contributed by atoms with Crippen molar-refractivity contribution in [2.24, 2.45) is 0 Å². The lowest BCUT2D eigenvalue weighted by Crippen LogP contribution is -2.46. The zero-order valence-corrected chi connectivity index (χ0v) is 17.2. The third-order valence-corrected chi connectivity index (χ3v) is 5.23. The van der Waals surface area contributed by atoms with E-state index in [-0.39, 0.29) is 11.7 Å². The van der Waals surface area contributed by atoms with Crippen LogP contribution in [0.3, 0.4) is 0 Å². The highest BCUT2D eigenvalue weighted by Crippen LogP contribution is 2.16. The summed E-state index contributed by atoms with van der Waals surface area (Å²) in [4.78, 5) is 21.4. The number of carbonyl (C=O) groups is 1. The molecule has 0 spiro atoms. The van der Waals surface area contributed by atoms with Crippen LogP contribution in [0.15, 0.2) is 42.6 Å². The van der Waals surface area contributed by atoms with E-state index in [1.165, 1.54) is 12.1 Å². The van der Waals surface area contributed by atoms with Crippen molar-refractivity contribution in [2.75, 3.05) is 37.6 Å². The van der Waals surface area contributed by atoms with E-state index in [0.717, 1.165) is 49.7 Å². The second-order valence-corrected chi connectivity index (χ2v) is 7.25. The van der Waals surface area contributed by atoms with Gasteiger partial charge in [0.05, 0.1) is 0 Å². The molecule has 0 radical (unpaired) electrons. The molecule has 6 nitrogen and oxygen atoms in total. The maximum absolute atomic E-state index is 12.2. The van der Waals surface area contributed by atoms with Gasteiger partial charge in [0.25, 0.3) is 0 Å². The smallest absolute Gasteiger partial charge is 0.387 e. The molecule has 1 N–H and O–H groups in total. The number of halogens is 2. The molecule has 1 amide bonds. The molecule has 1 aromatic heterocycles. The van der Waals surface area contributed by atoms with Crippen molar-refractivity contribution in [3.05, 3.63) is 53.7 Å². The highest BCUT2D eigenvalue weighted by atomic mass is 19.3. The SMILES string of the molecule is CCN1CCN(c2ccc(CNC(=O)CCc3ccc(OC(F)F)cc3)cn2)CC1. The molecular formula is C22H28F2N4O2. The number of aryl methyl sites for hydroxylation is 1. The maximum atomic E-state index is 12.2. The number of likely N-dealkylation sites (N-methyl/N-ethyl adjacent to an activating group) is 1. The zero-order valence-electron chi connectivity index (χ0n) is 17.2. The van der Waals surface area contributed by atoms with E-state index in [4.69, 9.17) is 0 Å². The first kappa shape index (κ1) is 22.0. The van der Waals surface area contributed by atoms with Crippen LogP contribution in [0.4, 0.5) is 14.6 Å². The molecule has 1 fully saturated rings. The molecule has 0 unspecified atom stereocenters. The van der Waals surface area contributed by atoms with Gasteiger partial charge in [-0.25, -0.2) is 4.98 Å². The summed E-state index contributed by atoms with van der Waals surface area (Å²) < 4.78 is 28.6. The van der Waals surface area contributed by atoms with Gasteiger partial charge < -0.3 is 19.9 Å². The average molecular weight is 418 g/mol. The first-order valence-corrected chi connectivity index (χ1v) is 10.3. The van der Waals surface area contributed by atoms with Gasteiger partial charge >= 0.3 is 6.61 Å². The number of ether oxygens (including phenoxy) is 1. The fraction of sp³-hybridized carbons (Fsp3) is 0.455. The number of amides is 1. The molecule has 1 aromatic carbocycles. The normalized spacial score (nSPS) is 14.7. The van der Waals surface area contributed by atoms with Gasteiger partial charge in [0.2, 0.25) is 5.91 Å². The fourth-order valence-corrected chi connectivity index (χ4v) is 3.39. The Hall–Kier alpha value is -2.74. The highest BCUT2D eigenvalue weighted by molar-refractivity contribution is 5.76. The Morgan fingerprint density at radius 3 is 2.40 bits per heavy atom. The van der Waals surface area contributed by atoms with Crippen molar-refractivity contribution in [1.29, 1.82) is 0 Å². The van der Waals surface area contributed by atoms with Crippen LogP contribution in [0.2, 0.25) is 0 Å². The topological polar surface area (TPSA) is 57.7 Å². The van der Waals surface area contributed by atoms with Crippen LogP contribution in [0.5, 0.6) is 5.75 Å². The van der Waals surface area contributed by atoms with Gasteiger partial charge in [-0.05, 0) is 42.3 Å². The van der Waals surface area contributed by atoms with E-state index in [1.807, 2.05) is 18.3 Å². The van der Waals surface area contributed by atoms with Gasteiger partial charge in [-0.3, -0.25) is 4.79 Å². The minimum Gasteiger partial charge on any atom is -0.435 e. The molecule has 0 atom stereocenters. The van der Waals surface area contributed by atoms with Gasteiger partial charge in [-0.15, -0.1) is 0 Å². The van der Waals surface area contributed by atoms with Crippen LogP contribution < -0.4 is 15.0 Å². The van der Waals surface area contributed by atoms with Crippen LogP contribution in [-0.2, 0) is 17.8 Å². The van der Waals surface area contributed by atoms with E-state index >= 15 is 0 Å². The van der Waals surface area contributed by atoms with Crippen LogP contribution >= 0.6 is 0 Å². The predicted molar refractivity (Wildman–Crippen MR) is 112 cm³/mol. The quantitative estimate of drug-likeness (QED) is 0.678. The van der Waals surface area contributed by atoms with E-state index in [2.05, 4.69) is 31.8 Å². The fourth-order valence-electron chi connectivity index (χ4n) is 3.39. The largest absolute Gasteiger partial charge is 0.435 e. The maximum Gasteiger partial charge on any atom is 0.387 e. The molecule has 1 aliphatic heterocycles. The molecule has 162 valence electrons. The third kappa shape index (κ3) is 6.66. The van der Waals surface area contributed by atoms with Crippen LogP contribution in [0.25, 0.3) is 0 Å². The first-order chi connectivity index (χ1) is 14.5. The Balaban J connectivity index is 1.39. The number of hydrogen-bond donors (Lipinski definition) is 1. The monoisotopic (exact) mass is 418 g/mol. The van der Waals surface area contributed by atoms with Crippen molar-refractivity contribution in [1.82, 2.24) is 15.2 Å². The second kappa shape index (κ2) is 10.9. The van der Waals surface area contributed by atoms with Crippen molar-refractivity contribution in [3.63, 3.8) is 0 Å². The number of nitrogens with one attached hydrogen (secondary N) is 1. The number of benzene rings is 1. The second-order valence-electron chi connectivity index (χ2n) is 7.25. The molecule has 8 heteroatoms. The lowest BCUT2D eigenvalue weighted by molar-refractivity contribution is -0.121. The minimum atomic E-state index is -2.84.